The van der Waals surface area contributed by atoms with Crippen molar-refractivity contribution in [3.63, 3.8) is 0 Å². The average molecular weight is 180 g/mol. The Morgan fingerprint density at radius 1 is 1.50 bits per heavy atom. The lowest BCUT2D eigenvalue weighted by molar-refractivity contribution is 0.529. The molecule has 1 aliphatic carbocycles. The molecule has 1 aliphatic rings. The summed E-state index contributed by atoms with van der Waals surface area (Å²) in [4.78, 5) is 3.16. The van der Waals surface area contributed by atoms with Gasteiger partial charge < -0.3 is 0 Å². The van der Waals surface area contributed by atoms with Crippen molar-refractivity contribution in [3.8, 4) is 0 Å². The van der Waals surface area contributed by atoms with Crippen LogP contribution in [0.2, 0.25) is 0 Å². The molecule has 0 aromatic carbocycles. The lowest BCUT2D eigenvalue weighted by atomic mass is 10.0. The number of aryl methyl sites for hydroxylation is 2. The summed E-state index contributed by atoms with van der Waals surface area (Å²) in [6, 6.07) is 2.39. The van der Waals surface area contributed by atoms with Crippen molar-refractivity contribution in [3.05, 3.63) is 21.4 Å². The predicted molar refractivity (Wildman–Crippen MR) is 54.9 cm³/mol. The fourth-order valence-electron chi connectivity index (χ4n) is 2.06. The van der Waals surface area contributed by atoms with E-state index in [1.165, 1.54) is 30.6 Å². The molecule has 1 heteroatoms. The van der Waals surface area contributed by atoms with E-state index in [1.54, 1.807) is 10.4 Å². The average Bonchev–Trinajstić information content (AvgIpc) is 2.23. The number of fused-ring (bicyclic) bond motifs is 1. The van der Waals surface area contributed by atoms with Gasteiger partial charge in [0, 0.05) is 9.75 Å². The maximum atomic E-state index is 2.39. The molecule has 66 valence electrons. The molecule has 1 atom stereocenters. The summed E-state index contributed by atoms with van der Waals surface area (Å²) in [7, 11) is 0. The van der Waals surface area contributed by atoms with Crippen LogP contribution >= 0.6 is 11.3 Å². The van der Waals surface area contributed by atoms with Gasteiger partial charge in [-0.3, -0.25) is 0 Å². The van der Waals surface area contributed by atoms with Crippen LogP contribution < -0.4 is 0 Å². The van der Waals surface area contributed by atoms with Gasteiger partial charge in [-0.2, -0.15) is 0 Å². The van der Waals surface area contributed by atoms with E-state index in [0.717, 1.165) is 5.92 Å². The fourth-order valence-corrected chi connectivity index (χ4v) is 3.31. The molecular formula is C11H16S. The third kappa shape index (κ3) is 1.56. The summed E-state index contributed by atoms with van der Waals surface area (Å²) in [5.41, 5.74) is 1.64. The molecule has 2 rings (SSSR count). The van der Waals surface area contributed by atoms with E-state index < -0.39 is 0 Å². The number of hydrogen-bond acceptors (Lipinski definition) is 1. The zero-order chi connectivity index (χ0) is 8.55. The van der Waals surface area contributed by atoms with Crippen molar-refractivity contribution in [2.24, 2.45) is 5.92 Å². The van der Waals surface area contributed by atoms with Crippen molar-refractivity contribution in [1.29, 1.82) is 0 Å². The van der Waals surface area contributed by atoms with Crippen LogP contribution in [-0.2, 0) is 12.8 Å². The van der Waals surface area contributed by atoms with E-state index >= 15 is 0 Å². The second-order valence-corrected chi connectivity index (χ2v) is 5.35. The molecule has 0 saturated heterocycles. The molecule has 1 aromatic rings. The van der Waals surface area contributed by atoms with Gasteiger partial charge in [-0.1, -0.05) is 13.3 Å². The van der Waals surface area contributed by atoms with Crippen molar-refractivity contribution in [2.45, 2.75) is 39.5 Å². The molecule has 0 saturated carbocycles. The zero-order valence-corrected chi connectivity index (χ0v) is 8.71. The molecule has 0 fully saturated rings. The van der Waals surface area contributed by atoms with E-state index in [4.69, 9.17) is 0 Å². The molecule has 0 radical (unpaired) electrons. The highest BCUT2D eigenvalue weighted by molar-refractivity contribution is 7.12. The first-order chi connectivity index (χ1) is 5.75. The van der Waals surface area contributed by atoms with Crippen LogP contribution in [0.3, 0.4) is 0 Å². The van der Waals surface area contributed by atoms with Gasteiger partial charge in [0.05, 0.1) is 0 Å². The Morgan fingerprint density at radius 3 is 3.17 bits per heavy atom. The van der Waals surface area contributed by atoms with E-state index in [9.17, 15) is 0 Å². The molecule has 0 aliphatic heterocycles. The summed E-state index contributed by atoms with van der Waals surface area (Å²) < 4.78 is 0. The van der Waals surface area contributed by atoms with Crippen LogP contribution in [0.25, 0.3) is 0 Å². The molecule has 12 heavy (non-hydrogen) atoms. The molecule has 0 nitrogen and oxygen atoms in total. The Bertz CT molecular complexity index is 273. The summed E-state index contributed by atoms with van der Waals surface area (Å²) in [5, 5.41) is 0. The van der Waals surface area contributed by atoms with Gasteiger partial charge in [0.15, 0.2) is 0 Å². The fraction of sp³-hybridized carbons (Fsp3) is 0.636. The van der Waals surface area contributed by atoms with Gasteiger partial charge in [0.2, 0.25) is 0 Å². The topological polar surface area (TPSA) is 0 Å². The Balaban J connectivity index is 2.30. The zero-order valence-electron chi connectivity index (χ0n) is 7.89. The van der Waals surface area contributed by atoms with Crippen molar-refractivity contribution in [2.75, 3.05) is 0 Å². The van der Waals surface area contributed by atoms with Gasteiger partial charge >= 0.3 is 0 Å². The van der Waals surface area contributed by atoms with Gasteiger partial charge in [-0.25, -0.2) is 0 Å². The lowest BCUT2D eigenvalue weighted by Crippen LogP contribution is -1.94. The van der Waals surface area contributed by atoms with E-state index in [0.29, 0.717) is 0 Å². The maximum absolute atomic E-state index is 2.39. The first kappa shape index (κ1) is 8.31. The maximum Gasteiger partial charge on any atom is 0.00827 e. The quantitative estimate of drug-likeness (QED) is 0.535. The third-order valence-electron chi connectivity index (χ3n) is 2.70. The number of hydrogen-bond donors (Lipinski definition) is 0. The highest BCUT2D eigenvalue weighted by Gasteiger charge is 2.14. The van der Waals surface area contributed by atoms with Crippen molar-refractivity contribution < 1.29 is 0 Å². The van der Waals surface area contributed by atoms with Gasteiger partial charge in [0.1, 0.15) is 0 Å². The molecule has 1 heterocycles. The van der Waals surface area contributed by atoms with Crippen LogP contribution in [0.1, 0.15) is 35.1 Å². The largest absolute Gasteiger partial charge is 0.145 e. The smallest absolute Gasteiger partial charge is 0.00827 e. The second kappa shape index (κ2) is 3.21. The predicted octanol–water partition coefficient (Wildman–Crippen LogP) is 3.57. The molecule has 1 unspecified atom stereocenters. The van der Waals surface area contributed by atoms with E-state index in [-0.39, 0.29) is 0 Å². The first-order valence-electron chi connectivity index (χ1n) is 4.84. The van der Waals surface area contributed by atoms with Gasteiger partial charge in [-0.15, -0.1) is 11.3 Å². The Kier molecular flexibility index (Phi) is 2.22. The molecule has 0 amide bonds. The van der Waals surface area contributed by atoms with Gasteiger partial charge in [0.25, 0.3) is 0 Å². The highest BCUT2D eigenvalue weighted by Crippen LogP contribution is 2.30. The second-order valence-electron chi connectivity index (χ2n) is 4.01. The molecule has 0 N–H and O–H groups in total. The first-order valence-corrected chi connectivity index (χ1v) is 5.65. The highest BCUT2D eigenvalue weighted by atomic mass is 32.1. The van der Waals surface area contributed by atoms with Crippen LogP contribution in [0.4, 0.5) is 0 Å². The van der Waals surface area contributed by atoms with Crippen molar-refractivity contribution in [1.82, 2.24) is 0 Å². The third-order valence-corrected chi connectivity index (χ3v) is 3.81. The summed E-state index contributed by atoms with van der Waals surface area (Å²) in [5.74, 6) is 0.907. The normalized spacial score (nSPS) is 23.3. The van der Waals surface area contributed by atoms with E-state index in [2.05, 4.69) is 19.9 Å². The summed E-state index contributed by atoms with van der Waals surface area (Å²) in [6.45, 7) is 4.61. The Hall–Kier alpha value is -0.300. The van der Waals surface area contributed by atoms with Crippen LogP contribution in [0.15, 0.2) is 6.07 Å². The minimum atomic E-state index is 0.907. The minimum absolute atomic E-state index is 0.907. The number of thiophene rings is 1. The van der Waals surface area contributed by atoms with Crippen LogP contribution in [0.5, 0.6) is 0 Å². The van der Waals surface area contributed by atoms with E-state index in [1.807, 2.05) is 11.3 Å². The molecule has 1 aromatic heterocycles. The Labute approximate surface area is 78.6 Å². The van der Waals surface area contributed by atoms with Crippen LogP contribution in [0, 0.1) is 12.8 Å². The standard InChI is InChI=1S/C11H16S/c1-8-4-3-5-10-7-9(2)12-11(10)6-8/h7-8H,3-6H2,1-2H3. The van der Waals surface area contributed by atoms with Crippen molar-refractivity contribution >= 4 is 11.3 Å². The summed E-state index contributed by atoms with van der Waals surface area (Å²) >= 11 is 2.01. The lowest BCUT2D eigenvalue weighted by Gasteiger charge is -2.04. The SMILES string of the molecule is Cc1cc2c(s1)CC(C)CCC2. The van der Waals surface area contributed by atoms with Gasteiger partial charge in [-0.05, 0) is 43.7 Å². The number of rotatable bonds is 0. The van der Waals surface area contributed by atoms with Crippen LogP contribution in [-0.4, -0.2) is 0 Å². The Morgan fingerprint density at radius 2 is 2.33 bits per heavy atom. The molecule has 0 spiro atoms. The molecular weight excluding hydrogens is 164 g/mol. The molecule has 0 bridgehead atoms. The summed E-state index contributed by atoms with van der Waals surface area (Å²) in [6.07, 6.45) is 5.46. The monoisotopic (exact) mass is 180 g/mol. The minimum Gasteiger partial charge on any atom is -0.145 e.